The topological polar surface area (TPSA) is 43.8 Å². The molecule has 1 aliphatic rings. The van der Waals surface area contributed by atoms with Gasteiger partial charge >= 0.3 is 0 Å². The second-order valence-electron chi connectivity index (χ2n) is 4.28. The van der Waals surface area contributed by atoms with Crippen LogP contribution in [-0.2, 0) is 4.79 Å². The molecular weight excluding hydrogens is 180 g/mol. The van der Waals surface area contributed by atoms with E-state index in [1.54, 1.807) is 4.90 Å². The Labute approximate surface area is 85.5 Å². The number of likely N-dealkylation sites (tertiary alicyclic amines) is 1. The van der Waals surface area contributed by atoms with Crippen LogP contribution < -0.4 is 0 Å². The Hall–Kier alpha value is -0.610. The molecule has 0 saturated carbocycles. The Morgan fingerprint density at radius 3 is 2.71 bits per heavy atom. The molecule has 1 saturated heterocycles. The molecule has 1 aliphatic heterocycles. The summed E-state index contributed by atoms with van der Waals surface area (Å²) in [7, 11) is 1.82. The zero-order chi connectivity index (χ0) is 10.7. The molecule has 14 heavy (non-hydrogen) atoms. The van der Waals surface area contributed by atoms with E-state index in [1.807, 2.05) is 25.8 Å². The van der Waals surface area contributed by atoms with Crippen LogP contribution in [0, 0.1) is 0 Å². The number of hydrogen-bond donors (Lipinski definition) is 1. The first kappa shape index (κ1) is 11.5. The first-order valence-electron chi connectivity index (χ1n) is 5.16. The van der Waals surface area contributed by atoms with Crippen LogP contribution in [0.3, 0.4) is 0 Å². The van der Waals surface area contributed by atoms with Gasteiger partial charge in [0.2, 0.25) is 5.91 Å². The summed E-state index contributed by atoms with van der Waals surface area (Å²) < 4.78 is 0. The van der Waals surface area contributed by atoms with E-state index >= 15 is 0 Å². The van der Waals surface area contributed by atoms with Gasteiger partial charge in [-0.3, -0.25) is 9.69 Å². The molecule has 1 rings (SSSR count). The minimum atomic E-state index is -0.243. The third-order valence-electron chi connectivity index (χ3n) is 2.77. The van der Waals surface area contributed by atoms with E-state index in [0.29, 0.717) is 13.1 Å². The van der Waals surface area contributed by atoms with Crippen LogP contribution >= 0.6 is 0 Å². The molecule has 1 fully saturated rings. The molecular formula is C10H20N2O2. The maximum atomic E-state index is 11.6. The monoisotopic (exact) mass is 200 g/mol. The molecule has 1 atom stereocenters. The third kappa shape index (κ3) is 2.96. The van der Waals surface area contributed by atoms with Crippen molar-refractivity contribution in [3.8, 4) is 0 Å². The lowest BCUT2D eigenvalue weighted by Gasteiger charge is -2.24. The highest BCUT2D eigenvalue weighted by molar-refractivity contribution is 5.78. The fraction of sp³-hybridized carbons (Fsp3) is 0.900. The Kier molecular flexibility index (Phi) is 3.89. The number of nitrogens with zero attached hydrogens (tertiary/aromatic N) is 2. The van der Waals surface area contributed by atoms with Crippen molar-refractivity contribution in [2.75, 3.05) is 26.7 Å². The second kappa shape index (κ2) is 4.75. The van der Waals surface area contributed by atoms with E-state index in [-0.39, 0.29) is 18.1 Å². The molecule has 0 aromatic heterocycles. The minimum Gasteiger partial charge on any atom is -0.392 e. The van der Waals surface area contributed by atoms with Crippen molar-refractivity contribution in [2.45, 2.75) is 32.4 Å². The van der Waals surface area contributed by atoms with Crippen molar-refractivity contribution >= 4 is 5.91 Å². The van der Waals surface area contributed by atoms with Gasteiger partial charge in [0.25, 0.3) is 0 Å². The fourth-order valence-corrected chi connectivity index (χ4v) is 1.55. The van der Waals surface area contributed by atoms with Gasteiger partial charge in [-0.25, -0.2) is 0 Å². The van der Waals surface area contributed by atoms with Crippen LogP contribution in [0.1, 0.15) is 20.3 Å². The maximum absolute atomic E-state index is 11.6. The van der Waals surface area contributed by atoms with Crippen LogP contribution in [0.5, 0.6) is 0 Å². The lowest BCUT2D eigenvalue weighted by Crippen LogP contribution is -2.40. The predicted molar refractivity (Wildman–Crippen MR) is 55.0 cm³/mol. The number of aliphatic hydroxyl groups is 1. The van der Waals surface area contributed by atoms with E-state index in [0.717, 1.165) is 13.0 Å². The molecule has 1 N–H and O–H groups in total. The number of likely N-dealkylation sites (N-methyl/N-ethyl adjacent to an activating group) is 1. The molecule has 0 unspecified atom stereocenters. The second-order valence-corrected chi connectivity index (χ2v) is 4.28. The molecule has 0 aromatic carbocycles. The predicted octanol–water partition coefficient (Wildman–Crippen LogP) is -0.0802. The molecule has 0 radical (unpaired) electrons. The third-order valence-corrected chi connectivity index (χ3v) is 2.77. The Morgan fingerprint density at radius 1 is 1.64 bits per heavy atom. The van der Waals surface area contributed by atoms with Gasteiger partial charge in [-0.1, -0.05) is 0 Å². The van der Waals surface area contributed by atoms with Crippen LogP contribution in [0.15, 0.2) is 0 Å². The van der Waals surface area contributed by atoms with Gasteiger partial charge in [0.1, 0.15) is 0 Å². The summed E-state index contributed by atoms with van der Waals surface area (Å²) >= 11 is 0. The maximum Gasteiger partial charge on any atom is 0.236 e. The summed E-state index contributed by atoms with van der Waals surface area (Å²) in [5, 5.41) is 9.29. The van der Waals surface area contributed by atoms with Crippen LogP contribution in [0.4, 0.5) is 0 Å². The largest absolute Gasteiger partial charge is 0.392 e. The summed E-state index contributed by atoms with van der Waals surface area (Å²) in [4.78, 5) is 15.4. The summed E-state index contributed by atoms with van der Waals surface area (Å²) in [6.45, 7) is 5.90. The number of carbonyl (C=O) groups excluding carboxylic acids is 1. The van der Waals surface area contributed by atoms with Crippen molar-refractivity contribution in [2.24, 2.45) is 0 Å². The number of amides is 1. The highest BCUT2D eigenvalue weighted by Gasteiger charge is 2.23. The Balaban J connectivity index is 2.33. The molecule has 0 aromatic rings. The molecule has 0 aliphatic carbocycles. The highest BCUT2D eigenvalue weighted by atomic mass is 16.3. The lowest BCUT2D eigenvalue weighted by atomic mass is 10.3. The van der Waals surface area contributed by atoms with Crippen LogP contribution in [-0.4, -0.2) is 59.6 Å². The van der Waals surface area contributed by atoms with Gasteiger partial charge in [-0.05, 0) is 20.3 Å². The number of carbonyl (C=O) groups is 1. The van der Waals surface area contributed by atoms with Gasteiger partial charge in [-0.2, -0.15) is 0 Å². The van der Waals surface area contributed by atoms with Crippen molar-refractivity contribution < 1.29 is 9.90 Å². The smallest absolute Gasteiger partial charge is 0.236 e. The van der Waals surface area contributed by atoms with Gasteiger partial charge in [0.15, 0.2) is 0 Å². The van der Waals surface area contributed by atoms with E-state index < -0.39 is 0 Å². The van der Waals surface area contributed by atoms with Gasteiger partial charge < -0.3 is 10.0 Å². The molecule has 82 valence electrons. The SMILES string of the molecule is CC(C)N(C)C(=O)CN1CC[C@@H](O)C1. The van der Waals surface area contributed by atoms with Crippen molar-refractivity contribution in [1.82, 2.24) is 9.80 Å². The van der Waals surface area contributed by atoms with Crippen molar-refractivity contribution in [1.29, 1.82) is 0 Å². The highest BCUT2D eigenvalue weighted by Crippen LogP contribution is 2.08. The standard InChI is InChI=1S/C10H20N2O2/c1-8(2)11(3)10(14)7-12-5-4-9(13)6-12/h8-9,13H,4-7H2,1-3H3/t9-/m1/s1. The normalized spacial score (nSPS) is 23.1. The Bertz CT molecular complexity index is 206. The van der Waals surface area contributed by atoms with Crippen LogP contribution in [0.2, 0.25) is 0 Å². The van der Waals surface area contributed by atoms with Gasteiger partial charge in [0, 0.05) is 26.2 Å². The lowest BCUT2D eigenvalue weighted by molar-refractivity contribution is -0.132. The Morgan fingerprint density at radius 2 is 2.29 bits per heavy atom. The zero-order valence-corrected chi connectivity index (χ0v) is 9.23. The fourth-order valence-electron chi connectivity index (χ4n) is 1.55. The molecule has 0 spiro atoms. The first-order chi connectivity index (χ1) is 6.50. The molecule has 1 heterocycles. The van der Waals surface area contributed by atoms with Crippen molar-refractivity contribution in [3.05, 3.63) is 0 Å². The molecule has 1 amide bonds. The van der Waals surface area contributed by atoms with E-state index in [4.69, 9.17) is 0 Å². The summed E-state index contributed by atoms with van der Waals surface area (Å²) in [5.74, 6) is 0.133. The molecule has 4 heteroatoms. The van der Waals surface area contributed by atoms with Gasteiger partial charge in [-0.15, -0.1) is 0 Å². The number of rotatable bonds is 3. The zero-order valence-electron chi connectivity index (χ0n) is 9.23. The average molecular weight is 200 g/mol. The first-order valence-corrected chi connectivity index (χ1v) is 5.16. The number of hydrogen-bond acceptors (Lipinski definition) is 3. The summed E-state index contributed by atoms with van der Waals surface area (Å²) in [6, 6.07) is 0.245. The van der Waals surface area contributed by atoms with E-state index in [9.17, 15) is 9.90 Å². The number of aliphatic hydroxyl groups excluding tert-OH is 1. The molecule has 0 bridgehead atoms. The van der Waals surface area contributed by atoms with Gasteiger partial charge in [0.05, 0.1) is 12.6 Å². The van der Waals surface area contributed by atoms with E-state index in [2.05, 4.69) is 0 Å². The number of β-amino-alcohol motifs (C(OH)–C–C–N with tert-alkyl or cyclic N) is 1. The quantitative estimate of drug-likeness (QED) is 0.693. The van der Waals surface area contributed by atoms with Crippen LogP contribution in [0.25, 0.3) is 0 Å². The summed E-state index contributed by atoms with van der Waals surface area (Å²) in [6.07, 6.45) is 0.547. The van der Waals surface area contributed by atoms with E-state index in [1.165, 1.54) is 0 Å². The summed E-state index contributed by atoms with van der Waals surface area (Å²) in [5.41, 5.74) is 0. The average Bonchev–Trinajstić information content (AvgIpc) is 2.49. The molecule has 4 nitrogen and oxygen atoms in total. The minimum absolute atomic E-state index is 0.133. The van der Waals surface area contributed by atoms with Crippen molar-refractivity contribution in [3.63, 3.8) is 0 Å².